The molecular formula is C24H15N3O4S2. The Morgan fingerprint density at radius 2 is 1.85 bits per heavy atom. The molecule has 7 nitrogen and oxygen atoms in total. The summed E-state index contributed by atoms with van der Waals surface area (Å²) in [6.07, 6.45) is 3.39. The van der Waals surface area contributed by atoms with E-state index in [1.165, 1.54) is 23.5 Å². The van der Waals surface area contributed by atoms with Crippen LogP contribution in [0.25, 0.3) is 27.4 Å². The molecule has 1 aliphatic heterocycles. The third-order valence-corrected chi connectivity index (χ3v) is 6.85. The fourth-order valence-corrected chi connectivity index (χ4v) is 5.01. The van der Waals surface area contributed by atoms with Crippen molar-refractivity contribution in [2.24, 2.45) is 0 Å². The minimum absolute atomic E-state index is 0.129. The number of imide groups is 1. The lowest BCUT2D eigenvalue weighted by Gasteiger charge is -2.06. The van der Waals surface area contributed by atoms with Crippen molar-refractivity contribution in [3.63, 3.8) is 0 Å². The van der Waals surface area contributed by atoms with Gasteiger partial charge in [-0.05, 0) is 78.0 Å². The van der Waals surface area contributed by atoms with E-state index in [1.54, 1.807) is 30.5 Å². The molecule has 5 rings (SSSR count). The molecule has 3 N–H and O–H groups in total. The zero-order valence-electron chi connectivity index (χ0n) is 16.9. The number of hydrogen-bond donors (Lipinski definition) is 3. The number of nitrogens with one attached hydrogen (secondary N) is 2. The number of hydrogen-bond acceptors (Lipinski definition) is 7. The van der Waals surface area contributed by atoms with Crippen LogP contribution in [-0.4, -0.2) is 27.1 Å². The first kappa shape index (κ1) is 20.9. The number of anilines is 1. The Morgan fingerprint density at radius 3 is 2.61 bits per heavy atom. The molecule has 0 saturated carbocycles. The number of rotatable bonds is 4. The number of thioether (sulfide) groups is 1. The van der Waals surface area contributed by atoms with Crippen molar-refractivity contribution in [3.8, 4) is 16.2 Å². The van der Waals surface area contributed by atoms with Crippen molar-refractivity contribution in [1.82, 2.24) is 10.3 Å². The maximum absolute atomic E-state index is 12.7. The van der Waals surface area contributed by atoms with Gasteiger partial charge in [0.05, 0.1) is 15.3 Å². The Kier molecular flexibility index (Phi) is 5.41. The second-order valence-electron chi connectivity index (χ2n) is 7.15. The lowest BCUT2D eigenvalue weighted by molar-refractivity contribution is -0.115. The number of carbonyl (C=O) groups excluding carboxylic acids is 3. The van der Waals surface area contributed by atoms with Crippen molar-refractivity contribution in [1.29, 1.82) is 0 Å². The van der Waals surface area contributed by atoms with Gasteiger partial charge in [-0.15, -0.1) is 11.3 Å². The highest BCUT2D eigenvalue weighted by atomic mass is 32.2. The lowest BCUT2D eigenvalue weighted by Crippen LogP contribution is -2.17. The molecule has 1 fully saturated rings. The van der Waals surface area contributed by atoms with Crippen molar-refractivity contribution in [3.05, 3.63) is 82.2 Å². The number of carbonyl (C=O) groups is 3. The largest absolute Gasteiger partial charge is 0.508 e. The van der Waals surface area contributed by atoms with E-state index in [0.717, 1.165) is 38.7 Å². The van der Waals surface area contributed by atoms with E-state index in [9.17, 15) is 19.5 Å². The van der Waals surface area contributed by atoms with Crippen LogP contribution in [-0.2, 0) is 4.79 Å². The van der Waals surface area contributed by atoms with Crippen LogP contribution in [0.4, 0.5) is 10.5 Å². The standard InChI is InChI=1S/C24H15N3O4S2/c28-15-4-2-14(3-5-15)26-22(29)20-8-7-19(32-20)16-9-10-25-18-6-1-13(11-17(16)18)12-21-23(30)27-24(31)33-21/h1-12,28H,(H,26,29)(H,27,30,31)/b21-12-. The molecule has 3 amide bonds. The highest BCUT2D eigenvalue weighted by Crippen LogP contribution is 2.34. The quantitative estimate of drug-likeness (QED) is 0.276. The maximum Gasteiger partial charge on any atom is 0.290 e. The number of nitrogens with zero attached hydrogens (tertiary/aromatic N) is 1. The van der Waals surface area contributed by atoms with Gasteiger partial charge < -0.3 is 10.4 Å². The van der Waals surface area contributed by atoms with Crippen LogP contribution in [0.2, 0.25) is 0 Å². The Hall–Kier alpha value is -3.95. The highest BCUT2D eigenvalue weighted by molar-refractivity contribution is 8.18. The summed E-state index contributed by atoms with van der Waals surface area (Å²) in [7, 11) is 0. The SMILES string of the molecule is O=C1NC(=O)/C(=C/c2ccc3nccc(-c4ccc(C(=O)Nc5ccc(O)cc5)s4)c3c2)S1. The summed E-state index contributed by atoms with van der Waals surface area (Å²) in [4.78, 5) is 42.2. The Morgan fingerprint density at radius 1 is 1.03 bits per heavy atom. The average molecular weight is 474 g/mol. The monoisotopic (exact) mass is 473 g/mol. The first-order chi connectivity index (χ1) is 16.0. The zero-order chi connectivity index (χ0) is 22.9. The Labute approximate surface area is 196 Å². The molecule has 33 heavy (non-hydrogen) atoms. The van der Waals surface area contributed by atoms with E-state index in [0.29, 0.717) is 15.5 Å². The lowest BCUT2D eigenvalue weighted by atomic mass is 10.0. The number of benzene rings is 2. The second kappa shape index (κ2) is 8.53. The van der Waals surface area contributed by atoms with Crippen molar-refractivity contribution < 1.29 is 19.5 Å². The molecule has 2 aromatic carbocycles. The Balaban J connectivity index is 1.46. The van der Waals surface area contributed by atoms with Gasteiger partial charge in [-0.2, -0.15) is 0 Å². The van der Waals surface area contributed by atoms with Crippen LogP contribution in [0.5, 0.6) is 5.75 Å². The van der Waals surface area contributed by atoms with Gasteiger partial charge in [0.1, 0.15) is 5.75 Å². The third kappa shape index (κ3) is 4.36. The summed E-state index contributed by atoms with van der Waals surface area (Å²) in [6, 6.07) is 17.4. The number of pyridine rings is 1. The summed E-state index contributed by atoms with van der Waals surface area (Å²) in [5.41, 5.74) is 3.05. The van der Waals surface area contributed by atoms with Crippen LogP contribution in [0.15, 0.2) is 71.8 Å². The number of amides is 3. The van der Waals surface area contributed by atoms with E-state index in [-0.39, 0.29) is 16.9 Å². The Bertz CT molecular complexity index is 1460. The molecule has 0 aliphatic carbocycles. The van der Waals surface area contributed by atoms with Crippen LogP contribution in [0, 0.1) is 0 Å². The van der Waals surface area contributed by atoms with Gasteiger partial charge in [-0.1, -0.05) is 6.07 Å². The molecule has 4 aromatic rings. The number of fused-ring (bicyclic) bond motifs is 1. The highest BCUT2D eigenvalue weighted by Gasteiger charge is 2.25. The van der Waals surface area contributed by atoms with Crippen molar-refractivity contribution in [2.75, 3.05) is 5.32 Å². The molecule has 3 heterocycles. The number of phenolic OH excluding ortho intramolecular Hbond substituents is 1. The van der Waals surface area contributed by atoms with Gasteiger partial charge in [0, 0.05) is 27.7 Å². The first-order valence-electron chi connectivity index (χ1n) is 9.80. The van der Waals surface area contributed by atoms with Crippen LogP contribution >= 0.6 is 23.1 Å². The van der Waals surface area contributed by atoms with E-state index in [2.05, 4.69) is 15.6 Å². The zero-order valence-corrected chi connectivity index (χ0v) is 18.5. The molecule has 1 saturated heterocycles. The predicted octanol–water partition coefficient (Wildman–Crippen LogP) is 5.25. The maximum atomic E-state index is 12.7. The summed E-state index contributed by atoms with van der Waals surface area (Å²) in [5, 5.41) is 14.9. The fourth-order valence-electron chi connectivity index (χ4n) is 3.38. The van der Waals surface area contributed by atoms with Gasteiger partial charge in [-0.3, -0.25) is 24.7 Å². The molecule has 162 valence electrons. The van der Waals surface area contributed by atoms with Crippen molar-refractivity contribution >= 4 is 62.8 Å². The molecule has 9 heteroatoms. The molecule has 0 unspecified atom stereocenters. The van der Waals surface area contributed by atoms with Gasteiger partial charge >= 0.3 is 0 Å². The topological polar surface area (TPSA) is 108 Å². The second-order valence-corrected chi connectivity index (χ2v) is 9.25. The van der Waals surface area contributed by atoms with E-state index < -0.39 is 5.91 Å². The smallest absolute Gasteiger partial charge is 0.290 e. The first-order valence-corrected chi connectivity index (χ1v) is 11.4. The molecule has 0 radical (unpaired) electrons. The summed E-state index contributed by atoms with van der Waals surface area (Å²) >= 11 is 2.23. The number of aromatic nitrogens is 1. The summed E-state index contributed by atoms with van der Waals surface area (Å²) in [5.74, 6) is -0.515. The predicted molar refractivity (Wildman–Crippen MR) is 130 cm³/mol. The van der Waals surface area contributed by atoms with E-state index in [4.69, 9.17) is 0 Å². The summed E-state index contributed by atoms with van der Waals surface area (Å²) < 4.78 is 0. The molecule has 0 bridgehead atoms. The minimum Gasteiger partial charge on any atom is -0.508 e. The van der Waals surface area contributed by atoms with Crippen molar-refractivity contribution in [2.45, 2.75) is 0 Å². The van der Waals surface area contributed by atoms with Gasteiger partial charge in [0.15, 0.2) is 0 Å². The molecule has 0 spiro atoms. The van der Waals surface area contributed by atoms with Gasteiger partial charge in [0.2, 0.25) is 0 Å². The average Bonchev–Trinajstić information content (AvgIpc) is 3.41. The molecule has 2 aromatic heterocycles. The van der Waals surface area contributed by atoms with E-state index >= 15 is 0 Å². The van der Waals surface area contributed by atoms with Gasteiger partial charge in [-0.25, -0.2) is 0 Å². The molecule has 1 aliphatic rings. The summed E-state index contributed by atoms with van der Waals surface area (Å²) in [6.45, 7) is 0. The minimum atomic E-state index is -0.404. The third-order valence-electron chi connectivity index (χ3n) is 4.93. The molecule has 0 atom stereocenters. The number of phenols is 1. The van der Waals surface area contributed by atoms with Crippen LogP contribution in [0.3, 0.4) is 0 Å². The molecular weight excluding hydrogens is 458 g/mol. The van der Waals surface area contributed by atoms with Crippen LogP contribution in [0.1, 0.15) is 15.2 Å². The van der Waals surface area contributed by atoms with Gasteiger partial charge in [0.25, 0.3) is 17.1 Å². The number of thiophene rings is 1. The van der Waals surface area contributed by atoms with E-state index in [1.807, 2.05) is 30.3 Å². The normalized spacial score (nSPS) is 14.6. The fraction of sp³-hybridized carbons (Fsp3) is 0. The van der Waals surface area contributed by atoms with Crippen LogP contribution < -0.4 is 10.6 Å². The number of aromatic hydroxyl groups is 1.